The monoisotopic (exact) mass is 339 g/mol. The van der Waals surface area contributed by atoms with Gasteiger partial charge in [0.2, 0.25) is 0 Å². The number of thiazole rings is 1. The van der Waals surface area contributed by atoms with Crippen LogP contribution in [0.25, 0.3) is 17.0 Å². The van der Waals surface area contributed by atoms with Crippen molar-refractivity contribution < 1.29 is 4.39 Å². The summed E-state index contributed by atoms with van der Waals surface area (Å²) in [6.07, 6.45) is 3.35. The Morgan fingerprint density at radius 3 is 3.00 bits per heavy atom. The number of nitrogens with zero attached hydrogens (tertiary/aromatic N) is 3. The number of anilines is 3. The number of aryl methyl sites for hydroxylation is 1. The molecule has 0 saturated heterocycles. The molecule has 0 radical (unpaired) electrons. The van der Waals surface area contributed by atoms with Crippen LogP contribution in [0.2, 0.25) is 0 Å². The Balaban J connectivity index is 1.68. The van der Waals surface area contributed by atoms with E-state index in [2.05, 4.69) is 15.3 Å². The van der Waals surface area contributed by atoms with Crippen LogP contribution in [0.1, 0.15) is 5.56 Å². The second-order valence-corrected chi connectivity index (χ2v) is 6.31. The molecule has 0 bridgehead atoms. The Hall–Kier alpha value is -2.93. The number of aromatic nitrogens is 3. The number of nitrogen functional groups attached to an aromatic ring is 1. The number of halogens is 1. The fourth-order valence-corrected chi connectivity index (χ4v) is 3.20. The summed E-state index contributed by atoms with van der Waals surface area (Å²) in [5.74, 6) is -0.308. The predicted molar refractivity (Wildman–Crippen MR) is 95.1 cm³/mol. The lowest BCUT2D eigenvalue weighted by Crippen LogP contribution is -1.95. The average molecular weight is 339 g/mol. The van der Waals surface area contributed by atoms with Crippen molar-refractivity contribution in [3.63, 3.8) is 0 Å². The van der Waals surface area contributed by atoms with Crippen LogP contribution in [0.4, 0.5) is 20.9 Å². The molecule has 120 valence electrons. The van der Waals surface area contributed by atoms with E-state index in [-0.39, 0.29) is 5.82 Å². The van der Waals surface area contributed by atoms with E-state index in [9.17, 15) is 4.39 Å². The minimum absolute atomic E-state index is 0.308. The van der Waals surface area contributed by atoms with E-state index in [1.165, 1.54) is 23.5 Å². The molecule has 4 aromatic rings. The standard InChI is InChI=1S/C17H14FN5S/c1-10-2-3-12(19)7-13(10)21-17-22-14(9-24-17)15-8-20-16-6-11(18)4-5-23(15)16/h2-9H,19H2,1H3,(H,21,22). The van der Waals surface area contributed by atoms with Gasteiger partial charge in [-0.05, 0) is 30.7 Å². The number of nitrogens with two attached hydrogens (primary N) is 1. The first-order chi connectivity index (χ1) is 11.6. The summed E-state index contributed by atoms with van der Waals surface area (Å²) in [5.41, 5.74) is 10.7. The van der Waals surface area contributed by atoms with Gasteiger partial charge in [-0.15, -0.1) is 11.3 Å². The molecule has 3 heterocycles. The summed E-state index contributed by atoms with van der Waals surface area (Å²) in [6.45, 7) is 2.01. The lowest BCUT2D eigenvalue weighted by atomic mass is 10.2. The third-order valence-corrected chi connectivity index (χ3v) is 4.50. The molecular formula is C17H14FN5S. The molecule has 0 aliphatic heterocycles. The van der Waals surface area contributed by atoms with Crippen molar-refractivity contribution in [2.75, 3.05) is 11.1 Å². The number of rotatable bonds is 3. The number of imidazole rings is 1. The van der Waals surface area contributed by atoms with Gasteiger partial charge >= 0.3 is 0 Å². The van der Waals surface area contributed by atoms with Crippen LogP contribution < -0.4 is 11.1 Å². The van der Waals surface area contributed by atoms with Gasteiger partial charge in [-0.1, -0.05) is 6.07 Å². The molecular weight excluding hydrogens is 325 g/mol. The molecule has 24 heavy (non-hydrogen) atoms. The molecule has 0 aliphatic carbocycles. The fourth-order valence-electron chi connectivity index (χ4n) is 2.48. The molecule has 0 spiro atoms. The van der Waals surface area contributed by atoms with E-state index >= 15 is 0 Å². The Bertz CT molecular complexity index is 1040. The molecule has 0 atom stereocenters. The maximum atomic E-state index is 13.3. The Morgan fingerprint density at radius 1 is 1.25 bits per heavy atom. The number of fused-ring (bicyclic) bond motifs is 1. The van der Waals surface area contributed by atoms with E-state index in [0.717, 1.165) is 27.8 Å². The summed E-state index contributed by atoms with van der Waals surface area (Å²) in [7, 11) is 0. The lowest BCUT2D eigenvalue weighted by molar-refractivity contribution is 0.626. The second kappa shape index (κ2) is 5.61. The van der Waals surface area contributed by atoms with Gasteiger partial charge in [0.15, 0.2) is 5.13 Å². The van der Waals surface area contributed by atoms with Gasteiger partial charge in [-0.3, -0.25) is 4.40 Å². The molecule has 3 aromatic heterocycles. The second-order valence-electron chi connectivity index (χ2n) is 5.45. The molecule has 3 N–H and O–H groups in total. The molecule has 5 nitrogen and oxygen atoms in total. The van der Waals surface area contributed by atoms with E-state index in [4.69, 9.17) is 5.73 Å². The van der Waals surface area contributed by atoms with Crippen LogP contribution in [-0.4, -0.2) is 14.4 Å². The predicted octanol–water partition coefficient (Wildman–Crippen LogP) is 4.23. The highest BCUT2D eigenvalue weighted by Crippen LogP contribution is 2.29. The summed E-state index contributed by atoms with van der Waals surface area (Å²) in [6, 6.07) is 8.51. The highest BCUT2D eigenvalue weighted by Gasteiger charge is 2.11. The quantitative estimate of drug-likeness (QED) is 0.548. The average Bonchev–Trinajstić information content (AvgIpc) is 3.17. The normalized spacial score (nSPS) is 11.1. The third-order valence-electron chi connectivity index (χ3n) is 3.75. The van der Waals surface area contributed by atoms with Gasteiger partial charge in [-0.2, -0.15) is 0 Å². The van der Waals surface area contributed by atoms with Gasteiger partial charge in [0.05, 0.1) is 11.9 Å². The van der Waals surface area contributed by atoms with Gasteiger partial charge in [-0.25, -0.2) is 14.4 Å². The number of benzene rings is 1. The van der Waals surface area contributed by atoms with Crippen molar-refractivity contribution in [1.29, 1.82) is 0 Å². The molecule has 0 amide bonds. The van der Waals surface area contributed by atoms with Gasteiger partial charge < -0.3 is 11.1 Å². The third kappa shape index (κ3) is 2.59. The minimum Gasteiger partial charge on any atom is -0.399 e. The topological polar surface area (TPSA) is 68.2 Å². The highest BCUT2D eigenvalue weighted by molar-refractivity contribution is 7.14. The van der Waals surface area contributed by atoms with Crippen molar-refractivity contribution in [3.8, 4) is 11.4 Å². The molecule has 7 heteroatoms. The fraction of sp³-hybridized carbons (Fsp3) is 0.0588. The van der Waals surface area contributed by atoms with Gasteiger partial charge in [0, 0.05) is 29.0 Å². The summed E-state index contributed by atoms with van der Waals surface area (Å²) in [4.78, 5) is 8.83. The first-order valence-electron chi connectivity index (χ1n) is 7.32. The van der Waals surface area contributed by atoms with Crippen LogP contribution >= 0.6 is 11.3 Å². The molecule has 1 aromatic carbocycles. The highest BCUT2D eigenvalue weighted by atomic mass is 32.1. The van der Waals surface area contributed by atoms with Crippen LogP contribution in [0.5, 0.6) is 0 Å². The summed E-state index contributed by atoms with van der Waals surface area (Å²) >= 11 is 1.49. The first-order valence-corrected chi connectivity index (χ1v) is 8.20. The minimum atomic E-state index is -0.308. The smallest absolute Gasteiger partial charge is 0.187 e. The van der Waals surface area contributed by atoms with Gasteiger partial charge in [0.1, 0.15) is 17.2 Å². The van der Waals surface area contributed by atoms with E-state index < -0.39 is 0 Å². The molecule has 4 rings (SSSR count). The Morgan fingerprint density at radius 2 is 2.12 bits per heavy atom. The maximum Gasteiger partial charge on any atom is 0.187 e. The lowest BCUT2D eigenvalue weighted by Gasteiger charge is -2.07. The number of hydrogen-bond donors (Lipinski definition) is 2. The zero-order chi connectivity index (χ0) is 16.7. The van der Waals surface area contributed by atoms with Crippen LogP contribution in [0.3, 0.4) is 0 Å². The zero-order valence-corrected chi connectivity index (χ0v) is 13.6. The molecule has 0 unspecified atom stereocenters. The van der Waals surface area contributed by atoms with Crippen LogP contribution in [0.15, 0.2) is 48.1 Å². The largest absolute Gasteiger partial charge is 0.399 e. The van der Waals surface area contributed by atoms with E-state index in [0.29, 0.717) is 11.3 Å². The molecule has 0 saturated carbocycles. The first kappa shape index (κ1) is 14.6. The Labute approximate surface area is 141 Å². The van der Waals surface area contributed by atoms with Crippen LogP contribution in [0, 0.1) is 12.7 Å². The van der Waals surface area contributed by atoms with Crippen LogP contribution in [-0.2, 0) is 0 Å². The molecule has 0 aliphatic rings. The van der Waals surface area contributed by atoms with Crippen molar-refractivity contribution in [3.05, 3.63) is 59.5 Å². The van der Waals surface area contributed by atoms with E-state index in [1.54, 1.807) is 12.4 Å². The van der Waals surface area contributed by atoms with Gasteiger partial charge in [0.25, 0.3) is 0 Å². The maximum absolute atomic E-state index is 13.3. The SMILES string of the molecule is Cc1ccc(N)cc1Nc1nc(-c2cnc3cc(F)ccn23)cs1. The van der Waals surface area contributed by atoms with Crippen molar-refractivity contribution in [2.24, 2.45) is 0 Å². The van der Waals surface area contributed by atoms with Crippen molar-refractivity contribution >= 4 is 33.5 Å². The van der Waals surface area contributed by atoms with Crippen molar-refractivity contribution in [1.82, 2.24) is 14.4 Å². The number of pyridine rings is 1. The van der Waals surface area contributed by atoms with Crippen molar-refractivity contribution in [2.45, 2.75) is 6.92 Å². The number of nitrogens with one attached hydrogen (secondary N) is 1. The summed E-state index contributed by atoms with van der Waals surface area (Å²) in [5, 5.41) is 5.99. The van der Waals surface area contributed by atoms with E-state index in [1.807, 2.05) is 34.9 Å². The summed E-state index contributed by atoms with van der Waals surface area (Å²) < 4.78 is 15.1. The Kier molecular flexibility index (Phi) is 3.42. The number of hydrogen-bond acceptors (Lipinski definition) is 5. The zero-order valence-electron chi connectivity index (χ0n) is 12.8. The molecule has 0 fully saturated rings.